The third-order valence-electron chi connectivity index (χ3n) is 4.19. The maximum Gasteiger partial charge on any atom is 0.314 e. The van der Waals surface area contributed by atoms with Gasteiger partial charge in [-0.15, -0.1) is 0 Å². The Morgan fingerprint density at radius 2 is 1.84 bits per heavy atom. The third kappa shape index (κ3) is 6.80. The minimum absolute atomic E-state index is 0.123. The molecule has 1 fully saturated rings. The van der Waals surface area contributed by atoms with Gasteiger partial charge < -0.3 is 24.8 Å². The second-order valence-corrected chi connectivity index (χ2v) is 5.93. The largest absolute Gasteiger partial charge is 0.493 e. The predicted molar refractivity (Wildman–Crippen MR) is 96.5 cm³/mol. The van der Waals surface area contributed by atoms with Crippen LogP contribution in [0.4, 0.5) is 4.79 Å². The molecule has 0 aliphatic carbocycles. The summed E-state index contributed by atoms with van der Waals surface area (Å²) in [6.07, 6.45) is 1.69. The highest BCUT2D eigenvalue weighted by Gasteiger charge is 2.09. The van der Waals surface area contributed by atoms with Crippen molar-refractivity contribution in [2.45, 2.75) is 12.8 Å². The highest BCUT2D eigenvalue weighted by Crippen LogP contribution is 2.27. The summed E-state index contributed by atoms with van der Waals surface area (Å²) in [5.41, 5.74) is 1.09. The van der Waals surface area contributed by atoms with Gasteiger partial charge in [0.15, 0.2) is 11.5 Å². The molecule has 1 aliphatic heterocycles. The molecule has 0 unspecified atom stereocenters. The van der Waals surface area contributed by atoms with Crippen molar-refractivity contribution < 1.29 is 19.0 Å². The number of carbonyl (C=O) groups excluding carboxylic acids is 1. The summed E-state index contributed by atoms with van der Waals surface area (Å²) in [5, 5.41) is 5.78. The third-order valence-corrected chi connectivity index (χ3v) is 4.19. The average molecular weight is 351 g/mol. The zero-order valence-electron chi connectivity index (χ0n) is 15.2. The van der Waals surface area contributed by atoms with E-state index >= 15 is 0 Å². The van der Waals surface area contributed by atoms with Gasteiger partial charge in [-0.05, 0) is 37.1 Å². The molecule has 1 aromatic rings. The van der Waals surface area contributed by atoms with Crippen LogP contribution in [0.25, 0.3) is 0 Å². The highest BCUT2D eigenvalue weighted by molar-refractivity contribution is 5.73. The summed E-state index contributed by atoms with van der Waals surface area (Å²) in [7, 11) is 3.23. The molecule has 1 aromatic carbocycles. The molecule has 7 nitrogen and oxygen atoms in total. The number of morpholine rings is 1. The quantitative estimate of drug-likeness (QED) is 0.656. The van der Waals surface area contributed by atoms with E-state index in [-0.39, 0.29) is 6.03 Å². The Bertz CT molecular complexity index is 533. The molecule has 25 heavy (non-hydrogen) atoms. The first-order valence-corrected chi connectivity index (χ1v) is 8.75. The highest BCUT2D eigenvalue weighted by atomic mass is 16.5. The van der Waals surface area contributed by atoms with Crippen LogP contribution in [0, 0.1) is 0 Å². The van der Waals surface area contributed by atoms with E-state index in [1.54, 1.807) is 14.2 Å². The number of methoxy groups -OCH3 is 2. The Morgan fingerprint density at radius 1 is 1.12 bits per heavy atom. The van der Waals surface area contributed by atoms with Gasteiger partial charge in [0.1, 0.15) is 0 Å². The van der Waals surface area contributed by atoms with Crippen LogP contribution in [-0.4, -0.2) is 71.1 Å². The summed E-state index contributed by atoms with van der Waals surface area (Å²) in [4.78, 5) is 14.2. The second kappa shape index (κ2) is 10.8. The molecule has 0 spiro atoms. The van der Waals surface area contributed by atoms with Crippen molar-refractivity contribution >= 4 is 6.03 Å². The molecule has 0 radical (unpaired) electrons. The molecule has 2 rings (SSSR count). The van der Waals surface area contributed by atoms with E-state index in [9.17, 15) is 4.79 Å². The maximum absolute atomic E-state index is 11.8. The van der Waals surface area contributed by atoms with Crippen LogP contribution in [0.5, 0.6) is 11.5 Å². The number of amides is 2. The van der Waals surface area contributed by atoms with Crippen molar-refractivity contribution in [3.05, 3.63) is 23.8 Å². The summed E-state index contributed by atoms with van der Waals surface area (Å²) in [6.45, 7) is 5.84. The fraction of sp³-hybridized carbons (Fsp3) is 0.611. The van der Waals surface area contributed by atoms with Crippen LogP contribution in [0.15, 0.2) is 18.2 Å². The van der Waals surface area contributed by atoms with Gasteiger partial charge >= 0.3 is 6.03 Å². The van der Waals surface area contributed by atoms with Crippen molar-refractivity contribution in [3.8, 4) is 11.5 Å². The van der Waals surface area contributed by atoms with Crippen molar-refractivity contribution in [1.29, 1.82) is 0 Å². The Morgan fingerprint density at radius 3 is 2.56 bits per heavy atom. The number of rotatable bonds is 9. The van der Waals surface area contributed by atoms with Crippen molar-refractivity contribution in [1.82, 2.24) is 15.5 Å². The predicted octanol–water partition coefficient (Wildman–Crippen LogP) is 1.27. The lowest BCUT2D eigenvalue weighted by atomic mass is 10.1. The van der Waals surface area contributed by atoms with Gasteiger partial charge in [0, 0.05) is 26.2 Å². The summed E-state index contributed by atoms with van der Waals surface area (Å²) < 4.78 is 15.8. The van der Waals surface area contributed by atoms with Crippen LogP contribution >= 0.6 is 0 Å². The van der Waals surface area contributed by atoms with E-state index in [1.165, 1.54) is 0 Å². The van der Waals surface area contributed by atoms with Gasteiger partial charge in [0.2, 0.25) is 0 Å². The van der Waals surface area contributed by atoms with E-state index in [4.69, 9.17) is 14.2 Å². The molecule has 0 saturated carbocycles. The molecule has 2 amide bonds. The topological polar surface area (TPSA) is 72.1 Å². The molecule has 0 atom stereocenters. The molecule has 1 heterocycles. The van der Waals surface area contributed by atoms with Crippen LogP contribution in [0.2, 0.25) is 0 Å². The van der Waals surface area contributed by atoms with Gasteiger partial charge in [-0.2, -0.15) is 0 Å². The van der Waals surface area contributed by atoms with E-state index in [1.807, 2.05) is 18.2 Å². The molecule has 2 N–H and O–H groups in total. The number of carbonyl (C=O) groups is 1. The monoisotopic (exact) mass is 351 g/mol. The first-order chi connectivity index (χ1) is 12.2. The molecule has 140 valence electrons. The summed E-state index contributed by atoms with van der Waals surface area (Å²) in [6, 6.07) is 5.66. The number of hydrogen-bond acceptors (Lipinski definition) is 5. The van der Waals surface area contributed by atoms with Crippen LogP contribution in [0.1, 0.15) is 12.0 Å². The van der Waals surface area contributed by atoms with E-state index in [0.29, 0.717) is 24.6 Å². The zero-order chi connectivity index (χ0) is 17.9. The minimum atomic E-state index is -0.123. The minimum Gasteiger partial charge on any atom is -0.493 e. The van der Waals surface area contributed by atoms with Gasteiger partial charge in [-0.3, -0.25) is 4.90 Å². The Hall–Kier alpha value is -1.99. The Balaban J connectivity index is 1.58. The van der Waals surface area contributed by atoms with Crippen LogP contribution in [-0.2, 0) is 11.2 Å². The SMILES string of the molecule is COc1ccc(CCNC(=O)NCCCN2CCOCC2)cc1OC. The first kappa shape index (κ1) is 19.3. The molecule has 0 aromatic heterocycles. The molecular weight excluding hydrogens is 322 g/mol. The number of hydrogen-bond donors (Lipinski definition) is 2. The molecule has 0 bridgehead atoms. The smallest absolute Gasteiger partial charge is 0.314 e. The fourth-order valence-electron chi connectivity index (χ4n) is 2.75. The molecule has 1 aliphatic rings. The first-order valence-electron chi connectivity index (χ1n) is 8.75. The molecule has 7 heteroatoms. The Kier molecular flexibility index (Phi) is 8.34. The lowest BCUT2D eigenvalue weighted by Crippen LogP contribution is -2.40. The lowest BCUT2D eigenvalue weighted by Gasteiger charge is -2.26. The number of nitrogens with zero attached hydrogens (tertiary/aromatic N) is 1. The van der Waals surface area contributed by atoms with Crippen LogP contribution in [0.3, 0.4) is 0 Å². The summed E-state index contributed by atoms with van der Waals surface area (Å²) in [5.74, 6) is 1.41. The number of urea groups is 1. The van der Waals surface area contributed by atoms with E-state index in [2.05, 4.69) is 15.5 Å². The summed E-state index contributed by atoms with van der Waals surface area (Å²) >= 11 is 0. The molecular formula is C18H29N3O4. The molecule has 1 saturated heterocycles. The van der Waals surface area contributed by atoms with Gasteiger partial charge in [-0.1, -0.05) is 6.07 Å². The average Bonchev–Trinajstić information content (AvgIpc) is 2.66. The zero-order valence-corrected chi connectivity index (χ0v) is 15.2. The van der Waals surface area contributed by atoms with Crippen molar-refractivity contribution in [2.24, 2.45) is 0 Å². The van der Waals surface area contributed by atoms with E-state index < -0.39 is 0 Å². The van der Waals surface area contributed by atoms with E-state index in [0.717, 1.165) is 51.3 Å². The second-order valence-electron chi connectivity index (χ2n) is 5.93. The maximum atomic E-state index is 11.8. The van der Waals surface area contributed by atoms with Crippen molar-refractivity contribution in [3.63, 3.8) is 0 Å². The van der Waals surface area contributed by atoms with Crippen molar-refractivity contribution in [2.75, 3.05) is 60.2 Å². The number of ether oxygens (including phenoxy) is 3. The standard InChI is InChI=1S/C18H29N3O4/c1-23-16-5-4-15(14-17(16)24-2)6-8-20-18(22)19-7-3-9-21-10-12-25-13-11-21/h4-5,14H,3,6-13H2,1-2H3,(H2,19,20,22). The number of nitrogens with one attached hydrogen (secondary N) is 2. The normalized spacial score (nSPS) is 14.8. The van der Waals surface area contributed by atoms with Crippen LogP contribution < -0.4 is 20.1 Å². The number of benzene rings is 1. The fourth-order valence-corrected chi connectivity index (χ4v) is 2.75. The van der Waals surface area contributed by atoms with Gasteiger partial charge in [0.05, 0.1) is 27.4 Å². The van der Waals surface area contributed by atoms with Gasteiger partial charge in [0.25, 0.3) is 0 Å². The van der Waals surface area contributed by atoms with Gasteiger partial charge in [-0.25, -0.2) is 4.79 Å². The lowest BCUT2D eigenvalue weighted by molar-refractivity contribution is 0.0375. The Labute approximate surface area is 149 Å².